The van der Waals surface area contributed by atoms with Crippen LogP contribution < -0.4 is 5.32 Å². The summed E-state index contributed by atoms with van der Waals surface area (Å²) in [5.74, 6) is 0. The van der Waals surface area contributed by atoms with Crippen LogP contribution in [-0.2, 0) is 11.2 Å². The second-order valence-electron chi connectivity index (χ2n) is 5.07. The molecular weight excluding hydrogens is 210 g/mol. The molecule has 0 bridgehead atoms. The van der Waals surface area contributed by atoms with Gasteiger partial charge in [-0.15, -0.1) is 0 Å². The van der Waals surface area contributed by atoms with Crippen LogP contribution in [0.15, 0.2) is 30.3 Å². The summed E-state index contributed by atoms with van der Waals surface area (Å²) in [6.07, 6.45) is 3.66. The zero-order valence-corrected chi connectivity index (χ0v) is 10.7. The smallest absolute Gasteiger partial charge is 0.0466 e. The summed E-state index contributed by atoms with van der Waals surface area (Å²) in [6, 6.07) is 10.8. The molecule has 0 radical (unpaired) electrons. The van der Waals surface area contributed by atoms with Crippen LogP contribution in [0.25, 0.3) is 0 Å². The molecule has 1 heterocycles. The predicted octanol–water partition coefficient (Wildman–Crippen LogP) is 2.64. The van der Waals surface area contributed by atoms with E-state index in [0.717, 1.165) is 26.3 Å². The van der Waals surface area contributed by atoms with Crippen LogP contribution in [0, 0.1) is 5.41 Å². The minimum atomic E-state index is 0.485. The minimum absolute atomic E-state index is 0.485. The Kier molecular flexibility index (Phi) is 4.57. The maximum atomic E-state index is 5.43. The van der Waals surface area contributed by atoms with Crippen molar-refractivity contribution in [2.75, 3.05) is 26.3 Å². The van der Waals surface area contributed by atoms with Gasteiger partial charge in [0.2, 0.25) is 0 Å². The number of benzene rings is 1. The summed E-state index contributed by atoms with van der Waals surface area (Å²) >= 11 is 0. The standard InChI is InChI=1S/C15H23NO/c1-2-17-10-6-9-15(12-16-13-15)11-14-7-4-3-5-8-14/h3-5,7-8,16H,2,6,9-13H2,1H3. The fourth-order valence-corrected chi connectivity index (χ4v) is 2.59. The van der Waals surface area contributed by atoms with Crippen LogP contribution >= 0.6 is 0 Å². The minimum Gasteiger partial charge on any atom is -0.382 e. The number of hydrogen-bond donors (Lipinski definition) is 1. The highest BCUT2D eigenvalue weighted by molar-refractivity contribution is 5.18. The molecule has 0 saturated carbocycles. The molecule has 2 heteroatoms. The van der Waals surface area contributed by atoms with Gasteiger partial charge in [0.15, 0.2) is 0 Å². The second kappa shape index (κ2) is 6.18. The molecule has 0 spiro atoms. The molecule has 1 aromatic rings. The van der Waals surface area contributed by atoms with Crippen molar-refractivity contribution < 1.29 is 4.74 Å². The molecule has 0 atom stereocenters. The zero-order valence-electron chi connectivity index (χ0n) is 10.7. The Bertz CT molecular complexity index is 319. The van der Waals surface area contributed by atoms with Gasteiger partial charge >= 0.3 is 0 Å². The van der Waals surface area contributed by atoms with Crippen molar-refractivity contribution in [3.63, 3.8) is 0 Å². The molecule has 1 fully saturated rings. The molecule has 1 saturated heterocycles. The first kappa shape index (κ1) is 12.6. The topological polar surface area (TPSA) is 21.3 Å². The van der Waals surface area contributed by atoms with Gasteiger partial charge in [-0.2, -0.15) is 0 Å². The van der Waals surface area contributed by atoms with E-state index >= 15 is 0 Å². The summed E-state index contributed by atoms with van der Waals surface area (Å²) in [6.45, 7) is 6.13. The van der Waals surface area contributed by atoms with Gasteiger partial charge in [-0.3, -0.25) is 0 Å². The van der Waals surface area contributed by atoms with E-state index < -0.39 is 0 Å². The SMILES string of the molecule is CCOCCCC1(Cc2ccccc2)CNC1. The third kappa shape index (κ3) is 3.55. The molecule has 0 aliphatic carbocycles. The first-order valence-electron chi connectivity index (χ1n) is 6.67. The van der Waals surface area contributed by atoms with Gasteiger partial charge in [-0.25, -0.2) is 0 Å². The fraction of sp³-hybridized carbons (Fsp3) is 0.600. The molecule has 0 amide bonds. The van der Waals surface area contributed by atoms with Gasteiger partial charge in [-0.1, -0.05) is 30.3 Å². The highest BCUT2D eigenvalue weighted by Crippen LogP contribution is 2.32. The maximum absolute atomic E-state index is 5.43. The molecule has 0 unspecified atom stereocenters. The lowest BCUT2D eigenvalue weighted by Crippen LogP contribution is -2.54. The Labute approximate surface area is 104 Å². The highest BCUT2D eigenvalue weighted by Gasteiger charge is 2.36. The normalized spacial score (nSPS) is 17.7. The molecule has 1 aliphatic rings. The Morgan fingerprint density at radius 1 is 1.24 bits per heavy atom. The summed E-state index contributed by atoms with van der Waals surface area (Å²) in [5.41, 5.74) is 1.95. The van der Waals surface area contributed by atoms with Crippen LogP contribution in [0.1, 0.15) is 25.3 Å². The molecule has 1 aromatic carbocycles. The average molecular weight is 233 g/mol. The molecule has 94 valence electrons. The predicted molar refractivity (Wildman–Crippen MR) is 71.2 cm³/mol. The van der Waals surface area contributed by atoms with Gasteiger partial charge < -0.3 is 10.1 Å². The fourth-order valence-electron chi connectivity index (χ4n) is 2.59. The van der Waals surface area contributed by atoms with Crippen molar-refractivity contribution >= 4 is 0 Å². The second-order valence-corrected chi connectivity index (χ2v) is 5.07. The Hall–Kier alpha value is -0.860. The largest absolute Gasteiger partial charge is 0.382 e. The Balaban J connectivity index is 1.82. The highest BCUT2D eigenvalue weighted by atomic mass is 16.5. The monoisotopic (exact) mass is 233 g/mol. The summed E-state index contributed by atoms with van der Waals surface area (Å²) in [7, 11) is 0. The summed E-state index contributed by atoms with van der Waals surface area (Å²) in [4.78, 5) is 0. The number of ether oxygens (including phenoxy) is 1. The molecule has 1 N–H and O–H groups in total. The summed E-state index contributed by atoms with van der Waals surface area (Å²) in [5, 5.41) is 3.42. The first-order chi connectivity index (χ1) is 8.35. The van der Waals surface area contributed by atoms with Crippen molar-refractivity contribution in [2.24, 2.45) is 5.41 Å². The summed E-state index contributed by atoms with van der Waals surface area (Å²) < 4.78 is 5.43. The van der Waals surface area contributed by atoms with Gasteiger partial charge in [-0.05, 0) is 37.2 Å². The number of rotatable bonds is 7. The molecule has 0 aromatic heterocycles. The maximum Gasteiger partial charge on any atom is 0.0466 e. The van der Waals surface area contributed by atoms with E-state index in [9.17, 15) is 0 Å². The van der Waals surface area contributed by atoms with Gasteiger partial charge in [0.1, 0.15) is 0 Å². The molecule has 2 rings (SSSR count). The quantitative estimate of drug-likeness (QED) is 0.731. The van der Waals surface area contributed by atoms with E-state index in [-0.39, 0.29) is 0 Å². The van der Waals surface area contributed by atoms with Crippen molar-refractivity contribution in [1.82, 2.24) is 5.32 Å². The van der Waals surface area contributed by atoms with Gasteiger partial charge in [0.05, 0.1) is 0 Å². The number of hydrogen-bond acceptors (Lipinski definition) is 2. The lowest BCUT2D eigenvalue weighted by atomic mass is 9.73. The van der Waals surface area contributed by atoms with Crippen LogP contribution in [0.3, 0.4) is 0 Å². The Morgan fingerprint density at radius 2 is 2.00 bits per heavy atom. The molecule has 17 heavy (non-hydrogen) atoms. The first-order valence-corrected chi connectivity index (χ1v) is 6.67. The van der Waals surface area contributed by atoms with Crippen molar-refractivity contribution in [3.05, 3.63) is 35.9 Å². The van der Waals surface area contributed by atoms with Crippen LogP contribution in [0.2, 0.25) is 0 Å². The van der Waals surface area contributed by atoms with E-state index in [0.29, 0.717) is 5.41 Å². The van der Waals surface area contributed by atoms with Gasteiger partial charge in [0.25, 0.3) is 0 Å². The van der Waals surface area contributed by atoms with E-state index in [1.807, 2.05) is 0 Å². The number of nitrogens with one attached hydrogen (secondary N) is 1. The van der Waals surface area contributed by atoms with E-state index in [2.05, 4.69) is 42.6 Å². The van der Waals surface area contributed by atoms with Crippen molar-refractivity contribution in [3.8, 4) is 0 Å². The molecular formula is C15H23NO. The third-order valence-electron chi connectivity index (χ3n) is 3.62. The van der Waals surface area contributed by atoms with Crippen LogP contribution in [0.5, 0.6) is 0 Å². The van der Waals surface area contributed by atoms with Crippen molar-refractivity contribution in [2.45, 2.75) is 26.2 Å². The average Bonchev–Trinajstić information content (AvgIpc) is 2.32. The lowest BCUT2D eigenvalue weighted by Gasteiger charge is -2.43. The van der Waals surface area contributed by atoms with Crippen molar-refractivity contribution in [1.29, 1.82) is 0 Å². The molecule has 1 aliphatic heterocycles. The van der Waals surface area contributed by atoms with E-state index in [4.69, 9.17) is 4.74 Å². The van der Waals surface area contributed by atoms with Gasteiger partial charge in [0, 0.05) is 26.3 Å². The van der Waals surface area contributed by atoms with Crippen LogP contribution in [0.4, 0.5) is 0 Å². The molecule has 2 nitrogen and oxygen atoms in total. The lowest BCUT2D eigenvalue weighted by molar-refractivity contribution is 0.102. The van der Waals surface area contributed by atoms with E-state index in [1.165, 1.54) is 24.8 Å². The van der Waals surface area contributed by atoms with Crippen LogP contribution in [-0.4, -0.2) is 26.3 Å². The third-order valence-corrected chi connectivity index (χ3v) is 3.62. The zero-order chi connectivity index (χ0) is 12.0. The van der Waals surface area contributed by atoms with E-state index in [1.54, 1.807) is 0 Å². The Morgan fingerprint density at radius 3 is 2.59 bits per heavy atom.